The molecule has 0 amide bonds. The molecule has 1 heterocycles. The summed E-state index contributed by atoms with van der Waals surface area (Å²) in [5.41, 5.74) is 5.45. The van der Waals surface area contributed by atoms with E-state index >= 15 is 0 Å². The number of rotatable bonds is 2. The molecular weight excluding hydrogens is 144 g/mol. The Morgan fingerprint density at radius 1 is 1.73 bits per heavy atom. The monoisotopic (exact) mass is 158 g/mol. The first-order chi connectivity index (χ1) is 5.22. The zero-order valence-corrected chi connectivity index (χ0v) is 6.42. The van der Waals surface area contributed by atoms with Crippen LogP contribution in [0.3, 0.4) is 0 Å². The van der Waals surface area contributed by atoms with E-state index in [9.17, 15) is 4.79 Å². The van der Waals surface area contributed by atoms with E-state index in [1.165, 1.54) is 0 Å². The fourth-order valence-corrected chi connectivity index (χ4v) is 1.39. The number of hydrogen-bond acceptors (Lipinski definition) is 3. The van der Waals surface area contributed by atoms with Crippen LogP contribution in [0.5, 0.6) is 0 Å². The molecule has 0 spiro atoms. The summed E-state index contributed by atoms with van der Waals surface area (Å²) in [6, 6.07) is -0.692. The molecule has 1 aliphatic rings. The second-order valence-electron chi connectivity index (χ2n) is 2.97. The maximum Gasteiger partial charge on any atom is 0.320 e. The Bertz CT molecular complexity index is 143. The highest BCUT2D eigenvalue weighted by molar-refractivity contribution is 5.73. The topological polar surface area (TPSA) is 75.4 Å². The van der Waals surface area contributed by atoms with Crippen LogP contribution in [0.1, 0.15) is 12.8 Å². The Balaban J connectivity index is 2.38. The van der Waals surface area contributed by atoms with Crippen molar-refractivity contribution in [2.45, 2.75) is 18.9 Å². The van der Waals surface area contributed by atoms with E-state index in [2.05, 4.69) is 5.32 Å². The Morgan fingerprint density at radius 3 is 2.91 bits per heavy atom. The number of carbonyl (C=O) groups is 1. The molecule has 1 saturated heterocycles. The van der Waals surface area contributed by atoms with Gasteiger partial charge in [0.1, 0.15) is 6.04 Å². The van der Waals surface area contributed by atoms with E-state index in [1.807, 2.05) is 0 Å². The molecule has 0 aromatic rings. The van der Waals surface area contributed by atoms with Crippen molar-refractivity contribution < 1.29 is 9.90 Å². The average Bonchev–Trinajstić information content (AvgIpc) is 2.05. The summed E-state index contributed by atoms with van der Waals surface area (Å²) in [6.45, 7) is 1.73. The number of nitrogens with two attached hydrogens (primary N) is 1. The maximum absolute atomic E-state index is 10.4. The van der Waals surface area contributed by atoms with Gasteiger partial charge < -0.3 is 16.2 Å². The lowest BCUT2D eigenvalue weighted by Gasteiger charge is -2.25. The van der Waals surface area contributed by atoms with Crippen molar-refractivity contribution in [3.05, 3.63) is 0 Å². The third-order valence-electron chi connectivity index (χ3n) is 2.13. The van der Waals surface area contributed by atoms with Gasteiger partial charge in [0.25, 0.3) is 0 Å². The van der Waals surface area contributed by atoms with Crippen LogP contribution in [0.2, 0.25) is 0 Å². The smallest absolute Gasteiger partial charge is 0.320 e. The average molecular weight is 158 g/mol. The number of hydrogen-bond donors (Lipinski definition) is 3. The van der Waals surface area contributed by atoms with Crippen LogP contribution in [0.15, 0.2) is 0 Å². The van der Waals surface area contributed by atoms with Gasteiger partial charge in [0.05, 0.1) is 0 Å². The van der Waals surface area contributed by atoms with Gasteiger partial charge in [-0.15, -0.1) is 0 Å². The van der Waals surface area contributed by atoms with E-state index in [0.717, 1.165) is 25.9 Å². The Labute approximate surface area is 65.8 Å². The van der Waals surface area contributed by atoms with Crippen molar-refractivity contribution in [1.29, 1.82) is 0 Å². The fourth-order valence-electron chi connectivity index (χ4n) is 1.39. The molecule has 1 aliphatic heterocycles. The molecule has 0 radical (unpaired) electrons. The molecule has 4 nitrogen and oxygen atoms in total. The zero-order valence-electron chi connectivity index (χ0n) is 6.42. The number of nitrogens with one attached hydrogen (secondary N) is 1. The van der Waals surface area contributed by atoms with E-state index in [0.29, 0.717) is 0 Å². The summed E-state index contributed by atoms with van der Waals surface area (Å²) in [7, 11) is 0. The first-order valence-corrected chi connectivity index (χ1v) is 3.91. The van der Waals surface area contributed by atoms with Gasteiger partial charge in [-0.2, -0.15) is 0 Å². The molecule has 0 aliphatic carbocycles. The van der Waals surface area contributed by atoms with Gasteiger partial charge in [0.2, 0.25) is 0 Å². The van der Waals surface area contributed by atoms with E-state index in [1.54, 1.807) is 0 Å². The normalized spacial score (nSPS) is 27.9. The van der Waals surface area contributed by atoms with Gasteiger partial charge in [-0.05, 0) is 25.3 Å². The number of carboxylic acid groups (broad SMARTS) is 1. The molecule has 0 bridgehead atoms. The van der Waals surface area contributed by atoms with Gasteiger partial charge in [-0.3, -0.25) is 4.79 Å². The minimum absolute atomic E-state index is 0.112. The van der Waals surface area contributed by atoms with E-state index in [4.69, 9.17) is 10.8 Å². The van der Waals surface area contributed by atoms with Crippen molar-refractivity contribution in [2.75, 3.05) is 13.1 Å². The number of aliphatic carboxylic acids is 1. The highest BCUT2D eigenvalue weighted by Crippen LogP contribution is 2.12. The van der Waals surface area contributed by atoms with Gasteiger partial charge in [0, 0.05) is 6.54 Å². The van der Waals surface area contributed by atoms with Crippen LogP contribution in [0, 0.1) is 5.92 Å². The lowest BCUT2D eigenvalue weighted by atomic mass is 9.92. The van der Waals surface area contributed by atoms with Gasteiger partial charge in [-0.1, -0.05) is 0 Å². The molecule has 0 saturated carbocycles. The zero-order chi connectivity index (χ0) is 8.27. The van der Waals surface area contributed by atoms with Crippen molar-refractivity contribution in [3.8, 4) is 0 Å². The summed E-state index contributed by atoms with van der Waals surface area (Å²) in [5.74, 6) is -0.778. The van der Waals surface area contributed by atoms with Crippen molar-refractivity contribution in [2.24, 2.45) is 11.7 Å². The molecule has 0 aromatic heterocycles. The van der Waals surface area contributed by atoms with Gasteiger partial charge in [-0.25, -0.2) is 0 Å². The molecule has 11 heavy (non-hydrogen) atoms. The summed E-state index contributed by atoms with van der Waals surface area (Å²) >= 11 is 0. The third-order valence-corrected chi connectivity index (χ3v) is 2.13. The van der Waals surface area contributed by atoms with Crippen LogP contribution in [-0.2, 0) is 4.79 Å². The summed E-state index contributed by atoms with van der Waals surface area (Å²) in [4.78, 5) is 10.4. The summed E-state index contributed by atoms with van der Waals surface area (Å²) in [6.07, 6.45) is 1.96. The van der Waals surface area contributed by atoms with Gasteiger partial charge in [0.15, 0.2) is 0 Å². The third kappa shape index (κ3) is 2.17. The first kappa shape index (κ1) is 8.49. The molecule has 1 fully saturated rings. The second-order valence-corrected chi connectivity index (χ2v) is 2.97. The molecule has 0 aromatic carbocycles. The van der Waals surface area contributed by atoms with Crippen LogP contribution in [-0.4, -0.2) is 30.2 Å². The fraction of sp³-hybridized carbons (Fsp3) is 0.857. The van der Waals surface area contributed by atoms with Gasteiger partial charge >= 0.3 is 5.97 Å². The predicted molar refractivity (Wildman–Crippen MR) is 41.2 cm³/mol. The number of carboxylic acids is 1. The lowest BCUT2D eigenvalue weighted by molar-refractivity contribution is -0.140. The quantitative estimate of drug-likeness (QED) is 0.501. The molecule has 0 unspecified atom stereocenters. The molecule has 1 rings (SSSR count). The SMILES string of the molecule is N[C@H](C(=O)O)[C@H]1CCCNC1. The standard InChI is InChI=1S/C7H14N2O2/c8-6(7(10)11)5-2-1-3-9-4-5/h5-6,9H,1-4,8H2,(H,10,11)/t5-,6-/m0/s1. The Hall–Kier alpha value is -0.610. The maximum atomic E-state index is 10.4. The second kappa shape index (κ2) is 3.69. The minimum atomic E-state index is -0.890. The van der Waals surface area contributed by atoms with Crippen LogP contribution in [0.4, 0.5) is 0 Å². The van der Waals surface area contributed by atoms with Crippen molar-refractivity contribution >= 4 is 5.97 Å². The summed E-state index contributed by atoms with van der Waals surface area (Å²) < 4.78 is 0. The molecule has 64 valence electrons. The Kier molecular flexibility index (Phi) is 2.84. The Morgan fingerprint density at radius 2 is 2.45 bits per heavy atom. The molecule has 2 atom stereocenters. The minimum Gasteiger partial charge on any atom is -0.480 e. The predicted octanol–water partition coefficient (Wildman–Crippen LogP) is -0.602. The largest absolute Gasteiger partial charge is 0.480 e. The van der Waals surface area contributed by atoms with E-state index in [-0.39, 0.29) is 5.92 Å². The molecule has 4 N–H and O–H groups in total. The summed E-state index contributed by atoms with van der Waals surface area (Å²) in [5, 5.41) is 11.7. The van der Waals surface area contributed by atoms with Crippen LogP contribution >= 0.6 is 0 Å². The highest BCUT2D eigenvalue weighted by atomic mass is 16.4. The first-order valence-electron chi connectivity index (χ1n) is 3.91. The highest BCUT2D eigenvalue weighted by Gasteiger charge is 2.25. The number of piperidine rings is 1. The van der Waals surface area contributed by atoms with E-state index < -0.39 is 12.0 Å². The lowest BCUT2D eigenvalue weighted by Crippen LogP contribution is -2.45. The molecule has 4 heteroatoms. The van der Waals surface area contributed by atoms with Crippen molar-refractivity contribution in [1.82, 2.24) is 5.32 Å². The van der Waals surface area contributed by atoms with Crippen molar-refractivity contribution in [3.63, 3.8) is 0 Å². The van der Waals surface area contributed by atoms with Crippen LogP contribution < -0.4 is 11.1 Å². The molecular formula is C7H14N2O2. The van der Waals surface area contributed by atoms with Crippen LogP contribution in [0.25, 0.3) is 0 Å².